The second-order valence-corrected chi connectivity index (χ2v) is 8.82. The zero-order valence-electron chi connectivity index (χ0n) is 17.1. The van der Waals surface area contributed by atoms with Crippen molar-refractivity contribution >= 4 is 39.2 Å². The summed E-state index contributed by atoms with van der Waals surface area (Å²) in [7, 11) is 0. The number of hydrogen-bond acceptors (Lipinski definition) is 8. The van der Waals surface area contributed by atoms with Gasteiger partial charge in [-0.15, -0.1) is 21.5 Å². The fraction of sp³-hybridized carbons (Fsp3) is 0.182. The van der Waals surface area contributed by atoms with Crippen molar-refractivity contribution in [1.29, 1.82) is 0 Å². The SMILES string of the molecule is CCn1c(SCC(=O)NCc2ccc(-c3nc4ccccc4s3)o2)nnc1-c1ccco1. The lowest BCUT2D eigenvalue weighted by atomic mass is 10.3. The molecule has 0 bridgehead atoms. The first-order chi connectivity index (χ1) is 15.7. The quantitative estimate of drug-likeness (QED) is 0.328. The smallest absolute Gasteiger partial charge is 0.230 e. The molecule has 0 saturated carbocycles. The highest BCUT2D eigenvalue weighted by Gasteiger charge is 2.16. The van der Waals surface area contributed by atoms with Gasteiger partial charge in [-0.2, -0.15) is 0 Å². The zero-order chi connectivity index (χ0) is 21.9. The van der Waals surface area contributed by atoms with Gasteiger partial charge < -0.3 is 14.2 Å². The van der Waals surface area contributed by atoms with Gasteiger partial charge in [0.05, 0.1) is 28.8 Å². The highest BCUT2D eigenvalue weighted by atomic mass is 32.2. The summed E-state index contributed by atoms with van der Waals surface area (Å²) in [5.41, 5.74) is 0.950. The molecule has 0 spiro atoms. The predicted octanol–water partition coefficient (Wildman–Crippen LogP) is 4.84. The van der Waals surface area contributed by atoms with Crippen LogP contribution in [0, 0.1) is 0 Å². The van der Waals surface area contributed by atoms with Gasteiger partial charge in [0.1, 0.15) is 5.76 Å². The Bertz CT molecular complexity index is 1320. The van der Waals surface area contributed by atoms with Crippen LogP contribution in [0.5, 0.6) is 0 Å². The number of hydrogen-bond donors (Lipinski definition) is 1. The fourth-order valence-electron chi connectivity index (χ4n) is 3.20. The monoisotopic (exact) mass is 465 g/mol. The number of amides is 1. The van der Waals surface area contributed by atoms with E-state index in [1.807, 2.05) is 54.0 Å². The minimum atomic E-state index is -0.113. The van der Waals surface area contributed by atoms with Crippen LogP contribution in [-0.4, -0.2) is 31.4 Å². The third-order valence-electron chi connectivity index (χ3n) is 4.73. The summed E-state index contributed by atoms with van der Waals surface area (Å²) in [6.07, 6.45) is 1.60. The molecule has 0 radical (unpaired) electrons. The summed E-state index contributed by atoms with van der Waals surface area (Å²) in [5.74, 6) is 2.79. The Morgan fingerprint density at radius 2 is 2.03 bits per heavy atom. The number of benzene rings is 1. The van der Waals surface area contributed by atoms with Crippen LogP contribution in [0.3, 0.4) is 0 Å². The normalized spacial score (nSPS) is 11.3. The van der Waals surface area contributed by atoms with Crippen molar-refractivity contribution in [3.8, 4) is 22.4 Å². The number of nitrogens with one attached hydrogen (secondary N) is 1. The van der Waals surface area contributed by atoms with Gasteiger partial charge in [0.2, 0.25) is 5.91 Å². The van der Waals surface area contributed by atoms with E-state index in [9.17, 15) is 4.79 Å². The molecular weight excluding hydrogens is 446 g/mol. The first-order valence-corrected chi connectivity index (χ1v) is 11.8. The number of nitrogens with zero attached hydrogens (tertiary/aromatic N) is 4. The number of carbonyl (C=O) groups excluding carboxylic acids is 1. The van der Waals surface area contributed by atoms with Gasteiger partial charge in [0.15, 0.2) is 27.5 Å². The maximum atomic E-state index is 12.4. The summed E-state index contributed by atoms with van der Waals surface area (Å²) in [6, 6.07) is 15.4. The number of fused-ring (bicyclic) bond motifs is 1. The second kappa shape index (κ2) is 9.01. The topological polar surface area (TPSA) is 99.0 Å². The summed E-state index contributed by atoms with van der Waals surface area (Å²) in [5, 5.41) is 12.8. The number of thioether (sulfide) groups is 1. The highest BCUT2D eigenvalue weighted by Crippen LogP contribution is 2.31. The Balaban J connectivity index is 1.17. The molecule has 1 aromatic carbocycles. The number of para-hydroxylation sites is 1. The number of thiazole rings is 1. The van der Waals surface area contributed by atoms with E-state index in [2.05, 4.69) is 20.5 Å². The number of carbonyl (C=O) groups is 1. The van der Waals surface area contributed by atoms with Crippen LogP contribution in [0.4, 0.5) is 0 Å². The molecule has 0 saturated heterocycles. The lowest BCUT2D eigenvalue weighted by Gasteiger charge is -2.06. The average molecular weight is 466 g/mol. The fourth-order valence-corrected chi connectivity index (χ4v) is 4.96. The van der Waals surface area contributed by atoms with Gasteiger partial charge in [0.25, 0.3) is 0 Å². The molecule has 32 heavy (non-hydrogen) atoms. The molecule has 5 aromatic rings. The van der Waals surface area contributed by atoms with Crippen LogP contribution in [0.15, 0.2) is 68.8 Å². The van der Waals surface area contributed by atoms with Gasteiger partial charge in [0, 0.05) is 6.54 Å². The lowest BCUT2D eigenvalue weighted by Crippen LogP contribution is -2.24. The molecule has 0 atom stereocenters. The molecule has 0 aliphatic carbocycles. The summed E-state index contributed by atoms with van der Waals surface area (Å²) < 4.78 is 14.3. The van der Waals surface area contributed by atoms with Crippen LogP contribution in [-0.2, 0) is 17.9 Å². The van der Waals surface area contributed by atoms with Crippen molar-refractivity contribution in [2.45, 2.75) is 25.2 Å². The Labute approximate surface area is 191 Å². The van der Waals surface area contributed by atoms with Crippen molar-refractivity contribution in [2.24, 2.45) is 0 Å². The van der Waals surface area contributed by atoms with Crippen molar-refractivity contribution in [3.63, 3.8) is 0 Å². The Kier molecular flexibility index (Phi) is 5.78. The molecule has 162 valence electrons. The zero-order valence-corrected chi connectivity index (χ0v) is 18.8. The Morgan fingerprint density at radius 3 is 2.84 bits per heavy atom. The first kappa shape index (κ1) is 20.5. The average Bonchev–Trinajstić information content (AvgIpc) is 3.60. The van der Waals surface area contributed by atoms with E-state index in [0.717, 1.165) is 15.2 Å². The molecule has 0 aliphatic rings. The molecule has 8 nitrogen and oxygen atoms in total. The maximum absolute atomic E-state index is 12.4. The van der Waals surface area contributed by atoms with Gasteiger partial charge >= 0.3 is 0 Å². The van der Waals surface area contributed by atoms with Gasteiger partial charge in [-0.25, -0.2) is 4.98 Å². The van der Waals surface area contributed by atoms with Crippen molar-refractivity contribution in [3.05, 3.63) is 60.6 Å². The van der Waals surface area contributed by atoms with E-state index in [1.165, 1.54) is 11.8 Å². The number of furan rings is 2. The van der Waals surface area contributed by atoms with Gasteiger partial charge in [-0.05, 0) is 43.3 Å². The standard InChI is InChI=1S/C22H19N5O3S2/c1-2-27-20(16-7-5-11-29-16)25-26-22(27)31-13-19(28)23-12-14-9-10-17(30-14)21-24-15-6-3-4-8-18(15)32-21/h3-11H,2,12-13H2,1H3,(H,23,28). The largest absolute Gasteiger partial charge is 0.461 e. The predicted molar refractivity (Wildman–Crippen MR) is 123 cm³/mol. The van der Waals surface area contributed by atoms with Crippen LogP contribution in [0.1, 0.15) is 12.7 Å². The molecule has 0 unspecified atom stereocenters. The van der Waals surface area contributed by atoms with Crippen LogP contribution in [0.2, 0.25) is 0 Å². The molecule has 10 heteroatoms. The third-order valence-corrected chi connectivity index (χ3v) is 6.75. The lowest BCUT2D eigenvalue weighted by molar-refractivity contribution is -0.118. The first-order valence-electron chi connectivity index (χ1n) is 10.0. The summed E-state index contributed by atoms with van der Waals surface area (Å²) in [4.78, 5) is 17.0. The molecule has 0 fully saturated rings. The molecule has 1 N–H and O–H groups in total. The highest BCUT2D eigenvalue weighted by molar-refractivity contribution is 7.99. The maximum Gasteiger partial charge on any atom is 0.230 e. The third kappa shape index (κ3) is 4.19. The molecule has 1 amide bonds. The minimum absolute atomic E-state index is 0.113. The van der Waals surface area contributed by atoms with Gasteiger partial charge in [-0.1, -0.05) is 23.9 Å². The molecule has 4 aromatic heterocycles. The van der Waals surface area contributed by atoms with Crippen molar-refractivity contribution < 1.29 is 13.6 Å². The van der Waals surface area contributed by atoms with Crippen molar-refractivity contribution in [1.82, 2.24) is 25.1 Å². The van der Waals surface area contributed by atoms with Crippen molar-refractivity contribution in [2.75, 3.05) is 5.75 Å². The summed E-state index contributed by atoms with van der Waals surface area (Å²) >= 11 is 2.91. The molecular formula is C22H19N5O3S2. The Hall–Kier alpha value is -3.37. The second-order valence-electron chi connectivity index (χ2n) is 6.85. The molecule has 5 rings (SSSR count). The van der Waals surface area contributed by atoms with E-state index in [4.69, 9.17) is 8.83 Å². The van der Waals surface area contributed by atoms with Crippen LogP contribution < -0.4 is 5.32 Å². The van der Waals surface area contributed by atoms with Crippen LogP contribution in [0.25, 0.3) is 32.6 Å². The van der Waals surface area contributed by atoms with E-state index in [0.29, 0.717) is 41.4 Å². The van der Waals surface area contributed by atoms with E-state index in [-0.39, 0.29) is 11.7 Å². The number of aromatic nitrogens is 4. The minimum Gasteiger partial charge on any atom is -0.461 e. The Morgan fingerprint density at radius 1 is 1.12 bits per heavy atom. The number of rotatable bonds is 8. The summed E-state index contributed by atoms with van der Waals surface area (Å²) in [6.45, 7) is 2.98. The van der Waals surface area contributed by atoms with E-state index >= 15 is 0 Å². The van der Waals surface area contributed by atoms with Gasteiger partial charge in [-0.3, -0.25) is 9.36 Å². The van der Waals surface area contributed by atoms with E-state index in [1.54, 1.807) is 23.7 Å². The molecule has 0 aliphatic heterocycles. The van der Waals surface area contributed by atoms with Crippen LogP contribution >= 0.6 is 23.1 Å². The molecule has 4 heterocycles. The van der Waals surface area contributed by atoms with E-state index < -0.39 is 0 Å².